The van der Waals surface area contributed by atoms with Gasteiger partial charge in [-0.25, -0.2) is 9.97 Å². The van der Waals surface area contributed by atoms with Crippen LogP contribution in [0.5, 0.6) is 11.5 Å². The fourth-order valence-corrected chi connectivity index (χ4v) is 3.35. The number of amides is 1. The maximum atomic E-state index is 12.7. The van der Waals surface area contributed by atoms with Crippen LogP contribution in [0.1, 0.15) is 48.4 Å². The second-order valence-electron chi connectivity index (χ2n) is 6.99. The molecule has 1 aromatic carbocycles. The van der Waals surface area contributed by atoms with Crippen molar-refractivity contribution in [2.75, 3.05) is 31.4 Å². The summed E-state index contributed by atoms with van der Waals surface area (Å²) in [7, 11) is 3.12. The third-order valence-corrected chi connectivity index (χ3v) is 4.86. The Labute approximate surface area is 171 Å². The molecule has 0 aliphatic heterocycles. The molecule has 0 unspecified atom stereocenters. The molecule has 0 fully saturated rings. The van der Waals surface area contributed by atoms with E-state index in [1.807, 2.05) is 0 Å². The van der Waals surface area contributed by atoms with Gasteiger partial charge >= 0.3 is 0 Å². The molecule has 7 nitrogen and oxygen atoms in total. The highest BCUT2D eigenvalue weighted by Gasteiger charge is 2.14. The normalized spacial score (nSPS) is 13.4. The van der Waals surface area contributed by atoms with E-state index in [0.717, 1.165) is 13.0 Å². The Morgan fingerprint density at radius 1 is 1.14 bits per heavy atom. The Morgan fingerprint density at radius 3 is 2.72 bits per heavy atom. The van der Waals surface area contributed by atoms with Crippen molar-refractivity contribution in [3.8, 4) is 11.5 Å². The zero-order chi connectivity index (χ0) is 20.6. The summed E-state index contributed by atoms with van der Waals surface area (Å²) in [6.45, 7) is 2.56. The number of aryl methyl sites for hydroxylation is 1. The second-order valence-corrected chi connectivity index (χ2v) is 6.99. The quantitative estimate of drug-likeness (QED) is 0.645. The van der Waals surface area contributed by atoms with Crippen molar-refractivity contribution < 1.29 is 14.3 Å². The maximum Gasteiger partial charge on any atom is 0.274 e. The molecular weight excluding hydrogens is 368 g/mol. The lowest BCUT2D eigenvalue weighted by Crippen LogP contribution is -2.16. The number of hydrogen-bond acceptors (Lipinski definition) is 6. The van der Waals surface area contributed by atoms with Crippen molar-refractivity contribution in [2.45, 2.75) is 39.0 Å². The van der Waals surface area contributed by atoms with Gasteiger partial charge in [0.1, 0.15) is 28.8 Å². The lowest BCUT2D eigenvalue weighted by Gasteiger charge is -2.14. The first-order chi connectivity index (χ1) is 14.1. The summed E-state index contributed by atoms with van der Waals surface area (Å²) in [6, 6.07) is 6.89. The fraction of sp³-hybridized carbons (Fsp3) is 0.409. The van der Waals surface area contributed by atoms with Gasteiger partial charge in [-0.3, -0.25) is 4.79 Å². The standard InChI is InChI=1S/C22H28N4O3/c1-15-24-19(14-21(25-15)23-12-11-16-7-5-4-6-8-16)22(27)26-18-10-9-17(28-2)13-20(18)29-3/h7,9-10,13-14H,4-6,8,11-12H2,1-3H3,(H,26,27)(H,23,24,25). The number of ether oxygens (including phenoxy) is 2. The van der Waals surface area contributed by atoms with Crippen molar-refractivity contribution >= 4 is 17.4 Å². The number of methoxy groups -OCH3 is 2. The van der Waals surface area contributed by atoms with Gasteiger partial charge in [0.05, 0.1) is 19.9 Å². The molecule has 2 aromatic rings. The van der Waals surface area contributed by atoms with E-state index < -0.39 is 0 Å². The summed E-state index contributed by atoms with van der Waals surface area (Å²) >= 11 is 0. The van der Waals surface area contributed by atoms with Crippen LogP contribution in [-0.2, 0) is 0 Å². The third kappa shape index (κ3) is 5.70. The van der Waals surface area contributed by atoms with Crippen molar-refractivity contribution in [2.24, 2.45) is 0 Å². The molecule has 1 aliphatic carbocycles. The lowest BCUT2D eigenvalue weighted by atomic mass is 9.97. The van der Waals surface area contributed by atoms with Crippen molar-refractivity contribution in [1.29, 1.82) is 0 Å². The number of rotatable bonds is 8. The molecule has 0 atom stereocenters. The Hall–Kier alpha value is -3.09. The van der Waals surface area contributed by atoms with Crippen LogP contribution in [-0.4, -0.2) is 36.6 Å². The molecule has 2 N–H and O–H groups in total. The fourth-order valence-electron chi connectivity index (χ4n) is 3.35. The average molecular weight is 396 g/mol. The molecule has 1 aromatic heterocycles. The van der Waals surface area contributed by atoms with Gasteiger partial charge in [0.2, 0.25) is 0 Å². The maximum absolute atomic E-state index is 12.7. The van der Waals surface area contributed by atoms with Crippen molar-refractivity contribution in [1.82, 2.24) is 9.97 Å². The molecule has 0 saturated heterocycles. The van der Waals surface area contributed by atoms with Crippen molar-refractivity contribution in [3.05, 3.63) is 47.4 Å². The van der Waals surface area contributed by atoms with E-state index in [1.54, 1.807) is 45.4 Å². The van der Waals surface area contributed by atoms with E-state index in [0.29, 0.717) is 34.5 Å². The Morgan fingerprint density at radius 2 is 2.00 bits per heavy atom. The van der Waals surface area contributed by atoms with Crippen LogP contribution in [0.15, 0.2) is 35.9 Å². The van der Waals surface area contributed by atoms with E-state index in [9.17, 15) is 4.79 Å². The molecule has 1 heterocycles. The summed E-state index contributed by atoms with van der Waals surface area (Å²) in [5, 5.41) is 6.16. The van der Waals surface area contributed by atoms with Crippen LogP contribution >= 0.6 is 0 Å². The minimum absolute atomic E-state index is 0.301. The number of nitrogens with zero attached hydrogens (tertiary/aromatic N) is 2. The van der Waals surface area contributed by atoms with E-state index in [-0.39, 0.29) is 5.91 Å². The third-order valence-electron chi connectivity index (χ3n) is 4.86. The minimum Gasteiger partial charge on any atom is -0.497 e. The van der Waals surface area contributed by atoms with Gasteiger partial charge in [0, 0.05) is 18.7 Å². The van der Waals surface area contributed by atoms with Crippen LogP contribution in [0.3, 0.4) is 0 Å². The summed E-state index contributed by atoms with van der Waals surface area (Å²) < 4.78 is 10.5. The number of allylic oxidation sites excluding steroid dienone is 1. The molecule has 154 valence electrons. The molecule has 29 heavy (non-hydrogen) atoms. The zero-order valence-corrected chi connectivity index (χ0v) is 17.2. The van der Waals surface area contributed by atoms with Crippen LogP contribution in [0.25, 0.3) is 0 Å². The van der Waals surface area contributed by atoms with Gasteiger partial charge in [-0.1, -0.05) is 11.6 Å². The summed E-state index contributed by atoms with van der Waals surface area (Å²) in [6.07, 6.45) is 8.27. The second kappa shape index (κ2) is 9.91. The minimum atomic E-state index is -0.322. The number of carbonyl (C=O) groups is 1. The molecule has 3 rings (SSSR count). The van der Waals surface area contributed by atoms with E-state index >= 15 is 0 Å². The highest BCUT2D eigenvalue weighted by atomic mass is 16.5. The first-order valence-electron chi connectivity index (χ1n) is 9.90. The summed E-state index contributed by atoms with van der Waals surface area (Å²) in [4.78, 5) is 21.4. The van der Waals surface area contributed by atoms with Crippen LogP contribution in [0.2, 0.25) is 0 Å². The number of nitrogens with one attached hydrogen (secondary N) is 2. The van der Waals surface area contributed by atoms with E-state index in [1.165, 1.54) is 31.3 Å². The van der Waals surface area contributed by atoms with Gasteiger partial charge in [-0.2, -0.15) is 0 Å². The molecule has 0 spiro atoms. The Bertz CT molecular complexity index is 896. The molecule has 1 aliphatic rings. The average Bonchev–Trinajstić information content (AvgIpc) is 2.74. The number of benzene rings is 1. The van der Waals surface area contributed by atoms with Crippen molar-refractivity contribution in [3.63, 3.8) is 0 Å². The Balaban J connectivity index is 1.67. The van der Waals surface area contributed by atoms with Gasteiger partial charge in [-0.05, 0) is 51.2 Å². The molecule has 1 amide bonds. The summed E-state index contributed by atoms with van der Waals surface area (Å²) in [5.74, 6) is 2.04. The monoisotopic (exact) mass is 396 g/mol. The number of hydrogen-bond donors (Lipinski definition) is 2. The first kappa shape index (κ1) is 20.6. The molecule has 0 radical (unpaired) electrons. The predicted octanol–water partition coefficient (Wildman–Crippen LogP) is 4.36. The van der Waals surface area contributed by atoms with Gasteiger partial charge in [0.25, 0.3) is 5.91 Å². The molecule has 0 bridgehead atoms. The zero-order valence-electron chi connectivity index (χ0n) is 17.2. The first-order valence-corrected chi connectivity index (χ1v) is 9.90. The smallest absolute Gasteiger partial charge is 0.274 e. The predicted molar refractivity (Wildman–Crippen MR) is 114 cm³/mol. The van der Waals surface area contributed by atoms with Gasteiger partial charge < -0.3 is 20.1 Å². The number of carbonyl (C=O) groups excluding carboxylic acids is 1. The number of anilines is 2. The SMILES string of the molecule is COc1ccc(NC(=O)c2cc(NCCC3=CCCCC3)nc(C)n2)c(OC)c1. The van der Waals surface area contributed by atoms with Gasteiger partial charge in [0.15, 0.2) is 0 Å². The van der Waals surface area contributed by atoms with Crippen LogP contribution in [0, 0.1) is 6.92 Å². The van der Waals surface area contributed by atoms with Crippen LogP contribution in [0.4, 0.5) is 11.5 Å². The number of aromatic nitrogens is 2. The van der Waals surface area contributed by atoms with Gasteiger partial charge in [-0.15, -0.1) is 0 Å². The molecule has 7 heteroatoms. The lowest BCUT2D eigenvalue weighted by molar-refractivity contribution is 0.102. The van der Waals surface area contributed by atoms with Crippen LogP contribution < -0.4 is 20.1 Å². The Kier molecular flexibility index (Phi) is 7.05. The largest absolute Gasteiger partial charge is 0.497 e. The summed E-state index contributed by atoms with van der Waals surface area (Å²) in [5.41, 5.74) is 2.35. The molecule has 0 saturated carbocycles. The van der Waals surface area contributed by atoms with E-state index in [4.69, 9.17) is 9.47 Å². The van der Waals surface area contributed by atoms with E-state index in [2.05, 4.69) is 26.7 Å². The highest BCUT2D eigenvalue weighted by Crippen LogP contribution is 2.29. The highest BCUT2D eigenvalue weighted by molar-refractivity contribution is 6.04. The topological polar surface area (TPSA) is 85.4 Å². The molecular formula is C22H28N4O3.